The van der Waals surface area contributed by atoms with Crippen LogP contribution in [-0.2, 0) is 16.0 Å². The maximum absolute atomic E-state index is 11.8. The third-order valence-corrected chi connectivity index (χ3v) is 3.50. The molecule has 1 aromatic carbocycles. The van der Waals surface area contributed by atoms with Crippen molar-refractivity contribution in [3.05, 3.63) is 65.6 Å². The first-order valence-corrected chi connectivity index (χ1v) is 7.02. The van der Waals surface area contributed by atoms with Crippen molar-refractivity contribution in [1.82, 2.24) is 5.32 Å². The van der Waals surface area contributed by atoms with Gasteiger partial charge in [-0.1, -0.05) is 24.3 Å². The first kappa shape index (κ1) is 13.6. The minimum Gasteiger partial charge on any atom is -0.465 e. The van der Waals surface area contributed by atoms with E-state index in [0.717, 1.165) is 6.42 Å². The second kappa shape index (κ2) is 6.41. The summed E-state index contributed by atoms with van der Waals surface area (Å²) < 4.78 is 10.9. The van der Waals surface area contributed by atoms with Crippen molar-refractivity contribution in [2.45, 2.75) is 12.5 Å². The lowest BCUT2D eigenvalue weighted by atomic mass is 9.97. The number of carbonyl (C=O) groups excluding carboxylic acids is 1. The number of hydrogen-bond donors (Lipinski definition) is 1. The van der Waals surface area contributed by atoms with Crippen molar-refractivity contribution in [3.8, 4) is 0 Å². The number of benzene rings is 1. The van der Waals surface area contributed by atoms with Crippen molar-refractivity contribution in [3.63, 3.8) is 0 Å². The molecule has 1 atom stereocenters. The fourth-order valence-corrected chi connectivity index (χ4v) is 2.44. The molecular weight excluding hydrogens is 266 g/mol. The molecule has 1 amide bonds. The van der Waals surface area contributed by atoms with Crippen LogP contribution < -0.4 is 5.32 Å². The fourth-order valence-electron chi connectivity index (χ4n) is 2.44. The molecule has 1 aromatic heterocycles. The van der Waals surface area contributed by atoms with Gasteiger partial charge in [-0.05, 0) is 35.8 Å². The van der Waals surface area contributed by atoms with Crippen LogP contribution in [0.5, 0.6) is 0 Å². The van der Waals surface area contributed by atoms with Gasteiger partial charge in [-0.3, -0.25) is 4.79 Å². The average Bonchev–Trinajstić information content (AvgIpc) is 3.04. The maximum Gasteiger partial charge on any atom is 0.244 e. The largest absolute Gasteiger partial charge is 0.465 e. The van der Waals surface area contributed by atoms with Gasteiger partial charge < -0.3 is 14.5 Å². The molecule has 4 heteroatoms. The Hall–Kier alpha value is -2.33. The predicted octanol–water partition coefficient (Wildman–Crippen LogP) is 2.72. The predicted molar refractivity (Wildman–Crippen MR) is 79.6 cm³/mol. The standard InChI is InChI=1S/C17H17NO3/c19-17(8-7-14-5-3-10-20-14)18-12-16-15-6-2-1-4-13(15)9-11-21-16/h1-8,10,16H,9,11-12H2,(H,18,19)/b8-7-/t16-/m1/s1. The lowest BCUT2D eigenvalue weighted by molar-refractivity contribution is -0.117. The van der Waals surface area contributed by atoms with E-state index in [1.54, 1.807) is 24.5 Å². The zero-order valence-corrected chi connectivity index (χ0v) is 11.6. The van der Waals surface area contributed by atoms with Gasteiger partial charge in [0.2, 0.25) is 5.91 Å². The normalized spacial score (nSPS) is 17.6. The number of nitrogens with one attached hydrogen (secondary N) is 1. The molecule has 3 rings (SSSR count). The van der Waals surface area contributed by atoms with Crippen LogP contribution in [0.4, 0.5) is 0 Å². The van der Waals surface area contributed by atoms with Crippen LogP contribution in [0.1, 0.15) is 23.0 Å². The Morgan fingerprint density at radius 2 is 2.19 bits per heavy atom. The van der Waals surface area contributed by atoms with E-state index in [1.807, 2.05) is 12.1 Å². The van der Waals surface area contributed by atoms with E-state index in [2.05, 4.69) is 17.4 Å². The van der Waals surface area contributed by atoms with E-state index in [1.165, 1.54) is 17.2 Å². The second-order valence-electron chi connectivity index (χ2n) is 4.90. The molecule has 2 aromatic rings. The van der Waals surface area contributed by atoms with Gasteiger partial charge >= 0.3 is 0 Å². The lowest BCUT2D eigenvalue weighted by Crippen LogP contribution is -2.30. The van der Waals surface area contributed by atoms with E-state index in [9.17, 15) is 4.79 Å². The molecule has 0 radical (unpaired) electrons. The van der Waals surface area contributed by atoms with Crippen LogP contribution in [0.3, 0.4) is 0 Å². The SMILES string of the molecule is O=C(/C=C\c1ccco1)NC[C@H]1OCCc2ccccc21. The Balaban J connectivity index is 1.57. The highest BCUT2D eigenvalue weighted by Gasteiger charge is 2.20. The average molecular weight is 283 g/mol. The van der Waals surface area contributed by atoms with Gasteiger partial charge in [-0.25, -0.2) is 0 Å². The van der Waals surface area contributed by atoms with Crippen molar-refractivity contribution in [1.29, 1.82) is 0 Å². The Bertz CT molecular complexity index is 631. The number of carbonyl (C=O) groups is 1. The van der Waals surface area contributed by atoms with Crippen LogP contribution in [0, 0.1) is 0 Å². The molecule has 0 spiro atoms. The Kier molecular flexibility index (Phi) is 4.17. The van der Waals surface area contributed by atoms with Gasteiger partial charge in [0.1, 0.15) is 11.9 Å². The van der Waals surface area contributed by atoms with Crippen molar-refractivity contribution in [2.24, 2.45) is 0 Å². The highest BCUT2D eigenvalue weighted by Crippen LogP contribution is 2.26. The first-order valence-electron chi connectivity index (χ1n) is 7.02. The minimum atomic E-state index is -0.155. The van der Waals surface area contributed by atoms with E-state index in [0.29, 0.717) is 18.9 Å². The van der Waals surface area contributed by atoms with Gasteiger partial charge in [-0.2, -0.15) is 0 Å². The highest BCUT2D eigenvalue weighted by molar-refractivity contribution is 5.91. The Labute approximate surface area is 123 Å². The molecule has 1 aliphatic heterocycles. The summed E-state index contributed by atoms with van der Waals surface area (Å²) in [5.41, 5.74) is 2.47. The van der Waals surface area contributed by atoms with Crippen LogP contribution >= 0.6 is 0 Å². The van der Waals surface area contributed by atoms with Gasteiger partial charge in [0.25, 0.3) is 0 Å². The number of rotatable bonds is 4. The number of ether oxygens (including phenoxy) is 1. The number of hydrogen-bond acceptors (Lipinski definition) is 3. The molecule has 2 heterocycles. The van der Waals surface area contributed by atoms with Crippen molar-refractivity contribution >= 4 is 12.0 Å². The summed E-state index contributed by atoms with van der Waals surface area (Å²) in [5, 5.41) is 2.86. The molecule has 108 valence electrons. The molecule has 0 bridgehead atoms. The third-order valence-electron chi connectivity index (χ3n) is 3.50. The van der Waals surface area contributed by atoms with Crippen LogP contribution in [0.2, 0.25) is 0 Å². The molecule has 1 aliphatic rings. The summed E-state index contributed by atoms with van der Waals surface area (Å²) in [6.45, 7) is 1.16. The van der Waals surface area contributed by atoms with Crippen LogP contribution in [0.15, 0.2) is 53.2 Å². The minimum absolute atomic E-state index is 0.0732. The van der Waals surface area contributed by atoms with E-state index in [4.69, 9.17) is 9.15 Å². The quantitative estimate of drug-likeness (QED) is 0.878. The lowest BCUT2D eigenvalue weighted by Gasteiger charge is -2.26. The zero-order chi connectivity index (χ0) is 14.5. The zero-order valence-electron chi connectivity index (χ0n) is 11.6. The van der Waals surface area contributed by atoms with Gasteiger partial charge in [0.05, 0.1) is 12.9 Å². The topological polar surface area (TPSA) is 51.5 Å². The molecule has 0 unspecified atom stereocenters. The summed E-state index contributed by atoms with van der Waals surface area (Å²) in [4.78, 5) is 11.8. The van der Waals surface area contributed by atoms with E-state index >= 15 is 0 Å². The summed E-state index contributed by atoms with van der Waals surface area (Å²) in [5.74, 6) is 0.502. The summed E-state index contributed by atoms with van der Waals surface area (Å²) >= 11 is 0. The third kappa shape index (κ3) is 3.41. The Morgan fingerprint density at radius 3 is 3.05 bits per heavy atom. The summed E-state index contributed by atoms with van der Waals surface area (Å²) in [7, 11) is 0. The molecule has 0 aliphatic carbocycles. The molecule has 0 fully saturated rings. The van der Waals surface area contributed by atoms with Crippen LogP contribution in [-0.4, -0.2) is 19.1 Å². The smallest absolute Gasteiger partial charge is 0.244 e. The maximum atomic E-state index is 11.8. The summed E-state index contributed by atoms with van der Waals surface area (Å²) in [6, 6.07) is 11.8. The van der Waals surface area contributed by atoms with Gasteiger partial charge in [0, 0.05) is 12.6 Å². The first-order chi connectivity index (χ1) is 10.3. The second-order valence-corrected chi connectivity index (χ2v) is 4.90. The molecule has 21 heavy (non-hydrogen) atoms. The van der Waals surface area contributed by atoms with Crippen LogP contribution in [0.25, 0.3) is 6.08 Å². The van der Waals surface area contributed by atoms with Crippen molar-refractivity contribution < 1.29 is 13.9 Å². The molecule has 1 N–H and O–H groups in total. The number of amides is 1. The van der Waals surface area contributed by atoms with Gasteiger partial charge in [-0.15, -0.1) is 0 Å². The molecular formula is C17H17NO3. The monoisotopic (exact) mass is 283 g/mol. The number of fused-ring (bicyclic) bond motifs is 1. The Morgan fingerprint density at radius 1 is 1.29 bits per heavy atom. The molecule has 4 nitrogen and oxygen atoms in total. The van der Waals surface area contributed by atoms with Gasteiger partial charge in [0.15, 0.2) is 0 Å². The number of furan rings is 1. The fraction of sp³-hybridized carbons (Fsp3) is 0.235. The van der Waals surface area contributed by atoms with Crippen molar-refractivity contribution in [2.75, 3.05) is 13.2 Å². The highest BCUT2D eigenvalue weighted by atomic mass is 16.5. The molecule has 0 saturated carbocycles. The molecule has 0 saturated heterocycles. The van der Waals surface area contributed by atoms with E-state index in [-0.39, 0.29) is 12.0 Å². The van der Waals surface area contributed by atoms with E-state index < -0.39 is 0 Å². The summed E-state index contributed by atoms with van der Waals surface area (Å²) in [6.07, 6.45) is 5.54.